The van der Waals surface area contributed by atoms with E-state index in [1.165, 1.54) is 60.8 Å². The molecule has 0 bridgehead atoms. The van der Waals surface area contributed by atoms with Gasteiger partial charge in [0.2, 0.25) is 0 Å². The average Bonchev–Trinajstić information content (AvgIpc) is 3.02. The topological polar surface area (TPSA) is 237 Å². The van der Waals surface area contributed by atoms with Crippen molar-refractivity contribution in [1.29, 1.82) is 0 Å². The van der Waals surface area contributed by atoms with Crippen LogP contribution in [0, 0.1) is 0 Å². The minimum atomic E-state index is -4.51. The molecular weight excluding hydrogens is 606 g/mol. The Balaban J connectivity index is 1.44. The fraction of sp³-hybridized carbons (Fsp3) is 0. The van der Waals surface area contributed by atoms with Crippen molar-refractivity contribution in [2.45, 2.75) is 4.90 Å². The maximum Gasteiger partial charge on any atom is 0.357 e. The van der Waals surface area contributed by atoms with Crippen molar-refractivity contribution >= 4 is 77.5 Å². The molecule has 0 radical (unpaired) electrons. The first kappa shape index (κ1) is 28.8. The standard InChI is InChI=1S/C29H17N7O8S/c37-27-17-5-1-2-6-18(17)31-26(29(40)41)25(27)36-35-20-11-10-19(16-8-9-21(28(38)39)32-24(16)20)34-33-15-12-14-4-3-7-22(45(42,43)44)23(14)30-13-15/h1-13H,(H,31,37)(H,38,39)(H,40,41)(H,42,43,44). The summed E-state index contributed by atoms with van der Waals surface area (Å²) >= 11 is 0. The number of pyridine rings is 3. The van der Waals surface area contributed by atoms with E-state index in [0.29, 0.717) is 10.8 Å². The number of aromatic hydroxyl groups is 1. The van der Waals surface area contributed by atoms with E-state index in [-0.39, 0.29) is 49.6 Å². The van der Waals surface area contributed by atoms with Gasteiger partial charge in [-0.15, -0.1) is 20.5 Å². The van der Waals surface area contributed by atoms with Gasteiger partial charge < -0.3 is 15.3 Å². The lowest BCUT2D eigenvalue weighted by Crippen LogP contribution is -2.01. The van der Waals surface area contributed by atoms with Crippen molar-refractivity contribution in [2.75, 3.05) is 0 Å². The quantitative estimate of drug-likeness (QED) is 0.110. The highest BCUT2D eigenvalue weighted by molar-refractivity contribution is 7.86. The molecular formula is C29H17N7O8S. The van der Waals surface area contributed by atoms with Gasteiger partial charge in [0.1, 0.15) is 27.5 Å². The van der Waals surface area contributed by atoms with E-state index in [4.69, 9.17) is 0 Å². The Morgan fingerprint density at radius 2 is 1.49 bits per heavy atom. The Morgan fingerprint density at radius 1 is 0.733 bits per heavy atom. The van der Waals surface area contributed by atoms with Crippen LogP contribution in [0.15, 0.2) is 104 Å². The summed E-state index contributed by atoms with van der Waals surface area (Å²) < 4.78 is 32.8. The lowest BCUT2D eigenvalue weighted by atomic mass is 10.1. The number of aromatic nitrogens is 3. The van der Waals surface area contributed by atoms with Gasteiger partial charge >= 0.3 is 11.9 Å². The second-order valence-corrected chi connectivity index (χ2v) is 10.8. The molecule has 0 atom stereocenters. The Morgan fingerprint density at radius 3 is 2.24 bits per heavy atom. The number of aromatic carboxylic acids is 2. The summed E-state index contributed by atoms with van der Waals surface area (Å²) in [5.74, 6) is -3.22. The lowest BCUT2D eigenvalue weighted by Gasteiger charge is -2.08. The minimum absolute atomic E-state index is 0.0288. The molecule has 0 spiro atoms. The van der Waals surface area contributed by atoms with E-state index in [9.17, 15) is 37.9 Å². The van der Waals surface area contributed by atoms with Crippen LogP contribution in [0.1, 0.15) is 21.0 Å². The first-order chi connectivity index (χ1) is 21.5. The number of carboxylic acids is 2. The SMILES string of the molecule is O=C(O)c1ccc2c(N=Nc3cnc4c(S(=O)(=O)O)cccc4c3)ccc(N=Nc3c(C(=O)O)nc4ccccc4c3O)c2n1. The predicted octanol–water partition coefficient (Wildman–Crippen LogP) is 6.51. The van der Waals surface area contributed by atoms with Gasteiger partial charge in [-0.1, -0.05) is 24.3 Å². The van der Waals surface area contributed by atoms with Crippen LogP contribution in [0.3, 0.4) is 0 Å². The van der Waals surface area contributed by atoms with Crippen molar-refractivity contribution in [3.63, 3.8) is 0 Å². The molecule has 6 rings (SSSR count). The van der Waals surface area contributed by atoms with Crippen LogP contribution in [-0.4, -0.2) is 55.2 Å². The second kappa shape index (κ2) is 11.1. The zero-order chi connectivity index (χ0) is 31.9. The molecule has 3 aromatic heterocycles. The Bertz CT molecular complexity index is 2400. The highest BCUT2D eigenvalue weighted by Crippen LogP contribution is 2.39. The first-order valence-corrected chi connectivity index (χ1v) is 14.2. The van der Waals surface area contributed by atoms with E-state index in [1.807, 2.05) is 0 Å². The van der Waals surface area contributed by atoms with E-state index >= 15 is 0 Å². The van der Waals surface area contributed by atoms with Crippen molar-refractivity contribution in [3.05, 3.63) is 90.4 Å². The van der Waals surface area contributed by atoms with Crippen molar-refractivity contribution in [1.82, 2.24) is 15.0 Å². The minimum Gasteiger partial charge on any atom is -0.505 e. The van der Waals surface area contributed by atoms with Gasteiger partial charge in [-0.2, -0.15) is 8.42 Å². The van der Waals surface area contributed by atoms with E-state index in [1.54, 1.807) is 18.2 Å². The highest BCUT2D eigenvalue weighted by Gasteiger charge is 2.20. The predicted molar refractivity (Wildman–Crippen MR) is 159 cm³/mol. The van der Waals surface area contributed by atoms with Gasteiger partial charge in [0.25, 0.3) is 10.1 Å². The molecule has 3 aromatic carbocycles. The van der Waals surface area contributed by atoms with Gasteiger partial charge in [-0.3, -0.25) is 9.54 Å². The summed E-state index contributed by atoms with van der Waals surface area (Å²) in [4.78, 5) is 35.6. The highest BCUT2D eigenvalue weighted by atomic mass is 32.2. The van der Waals surface area contributed by atoms with Crippen LogP contribution < -0.4 is 0 Å². The summed E-state index contributed by atoms with van der Waals surface area (Å²) in [5.41, 5.74) is -0.448. The van der Waals surface area contributed by atoms with E-state index in [2.05, 4.69) is 35.4 Å². The number of hydrogen-bond donors (Lipinski definition) is 4. The molecule has 0 aliphatic carbocycles. The molecule has 0 saturated carbocycles. The molecule has 0 saturated heterocycles. The number of rotatable bonds is 7. The van der Waals surface area contributed by atoms with Crippen LogP contribution in [0.5, 0.6) is 5.75 Å². The number of hydrogen-bond acceptors (Lipinski definition) is 12. The number of nitrogens with zero attached hydrogens (tertiary/aromatic N) is 7. The number of carbonyl (C=O) groups is 2. The number of carboxylic acid groups (broad SMARTS) is 2. The number of para-hydroxylation sites is 2. The molecule has 4 N–H and O–H groups in total. The third-order valence-corrected chi connectivity index (χ3v) is 7.43. The van der Waals surface area contributed by atoms with Gasteiger partial charge in [0, 0.05) is 16.2 Å². The number of azo groups is 2. The largest absolute Gasteiger partial charge is 0.505 e. The van der Waals surface area contributed by atoms with Gasteiger partial charge in [-0.25, -0.2) is 19.6 Å². The Labute approximate surface area is 251 Å². The fourth-order valence-corrected chi connectivity index (χ4v) is 5.17. The van der Waals surface area contributed by atoms with Crippen LogP contribution in [0.4, 0.5) is 22.7 Å². The van der Waals surface area contributed by atoms with Crippen LogP contribution >= 0.6 is 0 Å². The molecule has 0 unspecified atom stereocenters. The molecule has 0 amide bonds. The molecule has 0 aliphatic heterocycles. The summed E-state index contributed by atoms with van der Waals surface area (Å²) in [6.45, 7) is 0. The Hall–Kier alpha value is -6.26. The summed E-state index contributed by atoms with van der Waals surface area (Å²) in [5, 5.41) is 47.4. The third-order valence-electron chi connectivity index (χ3n) is 6.54. The Kier molecular flexibility index (Phi) is 7.12. The van der Waals surface area contributed by atoms with Crippen LogP contribution in [0.2, 0.25) is 0 Å². The van der Waals surface area contributed by atoms with Crippen molar-refractivity contribution in [2.24, 2.45) is 20.5 Å². The number of benzene rings is 3. The van der Waals surface area contributed by atoms with Crippen LogP contribution in [-0.2, 0) is 10.1 Å². The van der Waals surface area contributed by atoms with Gasteiger partial charge in [0.05, 0.1) is 22.9 Å². The molecule has 6 aromatic rings. The second-order valence-electron chi connectivity index (χ2n) is 9.38. The average molecular weight is 624 g/mol. The monoisotopic (exact) mass is 623 g/mol. The maximum absolute atomic E-state index is 11.9. The fourth-order valence-electron chi connectivity index (χ4n) is 4.50. The summed E-state index contributed by atoms with van der Waals surface area (Å²) in [7, 11) is -4.51. The molecule has 16 heteroatoms. The molecule has 15 nitrogen and oxygen atoms in total. The zero-order valence-corrected chi connectivity index (χ0v) is 23.3. The summed E-state index contributed by atoms with van der Waals surface area (Å²) in [6.07, 6.45) is 1.26. The first-order valence-electron chi connectivity index (χ1n) is 12.7. The third kappa shape index (κ3) is 5.49. The molecule has 3 heterocycles. The molecule has 45 heavy (non-hydrogen) atoms. The van der Waals surface area contributed by atoms with E-state index in [0.717, 1.165) is 0 Å². The lowest BCUT2D eigenvalue weighted by molar-refractivity contribution is 0.0680. The van der Waals surface area contributed by atoms with Crippen LogP contribution in [0.25, 0.3) is 32.7 Å². The smallest absolute Gasteiger partial charge is 0.357 e. The summed E-state index contributed by atoms with van der Waals surface area (Å²) in [6, 6.07) is 17.7. The van der Waals surface area contributed by atoms with Crippen molar-refractivity contribution < 1.29 is 37.9 Å². The molecule has 0 aliphatic rings. The number of fused-ring (bicyclic) bond motifs is 3. The van der Waals surface area contributed by atoms with Gasteiger partial charge in [0.15, 0.2) is 17.1 Å². The zero-order valence-electron chi connectivity index (χ0n) is 22.5. The molecule has 0 fully saturated rings. The van der Waals surface area contributed by atoms with E-state index < -0.39 is 39.2 Å². The van der Waals surface area contributed by atoms with Gasteiger partial charge in [-0.05, 0) is 48.5 Å². The maximum atomic E-state index is 11.9. The normalized spacial score (nSPS) is 12.1. The van der Waals surface area contributed by atoms with Crippen molar-refractivity contribution in [3.8, 4) is 5.75 Å². The molecule has 222 valence electrons.